The number of anilines is 4. The smallest absolute Gasteiger partial charge is 0.410 e. The fraction of sp³-hybridized carbons (Fsp3) is 0.259. The number of hydrogen-bond donors (Lipinski definition) is 3. The van der Waals surface area contributed by atoms with Crippen LogP contribution in [0.15, 0.2) is 48.7 Å². The summed E-state index contributed by atoms with van der Waals surface area (Å²) in [6, 6.07) is 12.7. The van der Waals surface area contributed by atoms with Crippen LogP contribution in [0, 0.1) is 17.1 Å². The molecule has 0 aliphatic carbocycles. The molecule has 4 rings (SSSR count). The van der Waals surface area contributed by atoms with Gasteiger partial charge in [-0.1, -0.05) is 13.0 Å². The second-order valence-corrected chi connectivity index (χ2v) is 8.65. The van der Waals surface area contributed by atoms with Crippen LogP contribution in [-0.2, 0) is 0 Å². The first-order valence-electron chi connectivity index (χ1n) is 12.2. The summed E-state index contributed by atoms with van der Waals surface area (Å²) < 4.78 is 24.8. The fourth-order valence-electron chi connectivity index (χ4n) is 4.26. The minimum atomic E-state index is -0.981. The Hall–Kier alpha value is -4.89. The van der Waals surface area contributed by atoms with Gasteiger partial charge in [-0.25, -0.2) is 14.2 Å². The van der Waals surface area contributed by atoms with Crippen molar-refractivity contribution in [3.63, 3.8) is 0 Å². The van der Waals surface area contributed by atoms with Crippen molar-refractivity contribution in [2.45, 2.75) is 6.92 Å². The Kier molecular flexibility index (Phi) is 8.43. The van der Waals surface area contributed by atoms with Crippen LogP contribution in [0.1, 0.15) is 22.8 Å². The number of carbonyl (C=O) groups excluding carboxylic acids is 2. The van der Waals surface area contributed by atoms with E-state index >= 15 is 0 Å². The highest BCUT2D eigenvalue weighted by Crippen LogP contribution is 2.33. The van der Waals surface area contributed by atoms with Gasteiger partial charge in [-0.15, -0.1) is 0 Å². The Bertz CT molecular complexity index is 1420. The molecule has 0 atom stereocenters. The largest absolute Gasteiger partial charge is 0.496 e. The van der Waals surface area contributed by atoms with Crippen LogP contribution in [0.2, 0.25) is 0 Å². The molecule has 0 radical (unpaired) electrons. The number of amides is 2. The van der Waals surface area contributed by atoms with Gasteiger partial charge in [-0.05, 0) is 30.8 Å². The van der Waals surface area contributed by atoms with E-state index in [1.54, 1.807) is 12.1 Å². The molecule has 1 aromatic heterocycles. The van der Waals surface area contributed by atoms with E-state index in [9.17, 15) is 19.2 Å². The number of nitrogens with two attached hydrogens (primary N) is 1. The third-order valence-electron chi connectivity index (χ3n) is 6.32. The van der Waals surface area contributed by atoms with Crippen molar-refractivity contribution in [3.05, 3.63) is 65.6 Å². The Morgan fingerprint density at radius 1 is 1.13 bits per heavy atom. The van der Waals surface area contributed by atoms with E-state index in [0.29, 0.717) is 5.69 Å². The van der Waals surface area contributed by atoms with Crippen molar-refractivity contribution in [1.29, 1.82) is 5.26 Å². The maximum atomic E-state index is 14.4. The maximum absolute atomic E-state index is 14.4. The SMILES string of the molecule is CCN1CCN(c2ccc(Nc3cc(NC(=O)c4c(F)cccc4OC)c(C#N)cn3)c(OC(N)=O)c2)CC1. The zero-order valence-corrected chi connectivity index (χ0v) is 21.5. The van der Waals surface area contributed by atoms with Crippen LogP contribution in [0.5, 0.6) is 11.5 Å². The molecule has 0 unspecified atom stereocenters. The molecule has 2 amide bonds. The summed E-state index contributed by atoms with van der Waals surface area (Å²) in [4.78, 5) is 33.3. The van der Waals surface area contributed by atoms with E-state index in [2.05, 4.69) is 32.3 Å². The third kappa shape index (κ3) is 6.34. The van der Waals surface area contributed by atoms with E-state index < -0.39 is 17.8 Å². The summed E-state index contributed by atoms with van der Waals surface area (Å²) in [5.41, 5.74) is 6.40. The number of hydrogen-bond acceptors (Lipinski definition) is 9. The number of pyridine rings is 1. The van der Waals surface area contributed by atoms with Crippen molar-refractivity contribution in [3.8, 4) is 17.6 Å². The van der Waals surface area contributed by atoms with Crippen molar-refractivity contribution >= 4 is 34.9 Å². The summed E-state index contributed by atoms with van der Waals surface area (Å²) in [6.07, 6.45) is 0.276. The Labute approximate surface area is 224 Å². The van der Waals surface area contributed by atoms with E-state index in [4.69, 9.17) is 15.2 Å². The fourth-order valence-corrected chi connectivity index (χ4v) is 4.26. The molecule has 39 heavy (non-hydrogen) atoms. The van der Waals surface area contributed by atoms with Crippen molar-refractivity contribution in [2.24, 2.45) is 5.73 Å². The first-order valence-corrected chi connectivity index (χ1v) is 12.2. The van der Waals surface area contributed by atoms with Gasteiger partial charge >= 0.3 is 6.09 Å². The molecule has 11 nitrogen and oxygen atoms in total. The van der Waals surface area contributed by atoms with Crippen LogP contribution in [0.25, 0.3) is 0 Å². The van der Waals surface area contributed by atoms with E-state index in [0.717, 1.165) is 44.5 Å². The number of methoxy groups -OCH3 is 1. The predicted octanol–water partition coefficient (Wildman–Crippen LogP) is 3.70. The molecule has 202 valence electrons. The molecule has 4 N–H and O–H groups in total. The molecule has 3 aromatic rings. The zero-order chi connectivity index (χ0) is 27.9. The van der Waals surface area contributed by atoms with Gasteiger partial charge in [0.05, 0.1) is 24.0 Å². The highest BCUT2D eigenvalue weighted by atomic mass is 19.1. The first kappa shape index (κ1) is 27.2. The molecule has 12 heteroatoms. The maximum Gasteiger partial charge on any atom is 0.410 e. The molecule has 1 fully saturated rings. The average molecular weight is 534 g/mol. The third-order valence-corrected chi connectivity index (χ3v) is 6.32. The number of nitrogens with one attached hydrogen (secondary N) is 2. The van der Waals surface area contributed by atoms with E-state index in [1.165, 1.54) is 31.5 Å². The number of nitriles is 1. The number of benzene rings is 2. The van der Waals surface area contributed by atoms with Gasteiger partial charge < -0.3 is 35.6 Å². The number of nitrogens with zero attached hydrogens (tertiary/aromatic N) is 4. The minimum Gasteiger partial charge on any atom is -0.496 e. The lowest BCUT2D eigenvalue weighted by atomic mass is 10.1. The summed E-state index contributed by atoms with van der Waals surface area (Å²) in [5, 5.41) is 15.1. The second kappa shape index (κ2) is 12.1. The number of halogens is 1. The van der Waals surface area contributed by atoms with Crippen LogP contribution in [0.4, 0.5) is 32.1 Å². The molecule has 1 aliphatic heterocycles. The van der Waals surface area contributed by atoms with Crippen molar-refractivity contribution < 1.29 is 23.5 Å². The molecule has 1 saturated heterocycles. The zero-order valence-electron chi connectivity index (χ0n) is 21.5. The number of aromatic nitrogens is 1. The standard InChI is InChI=1S/C27H28FN7O4/c1-3-34-9-11-35(12-10-34)18-7-8-20(23(13-18)39-27(30)37)32-24-14-21(17(15-29)16-31-24)33-26(36)25-19(28)5-4-6-22(25)38-2/h4-8,13-14,16H,3,9-12H2,1-2H3,(H2,30,37)(H2,31,32,33,36). The number of primary amides is 1. The summed E-state index contributed by atoms with van der Waals surface area (Å²) in [7, 11) is 1.32. The highest BCUT2D eigenvalue weighted by Gasteiger charge is 2.21. The van der Waals surface area contributed by atoms with Crippen LogP contribution in [0.3, 0.4) is 0 Å². The summed E-state index contributed by atoms with van der Waals surface area (Å²) >= 11 is 0. The lowest BCUT2D eigenvalue weighted by Gasteiger charge is -2.35. The Balaban J connectivity index is 1.60. The summed E-state index contributed by atoms with van der Waals surface area (Å²) in [5.74, 6) is -1.12. The van der Waals surface area contributed by atoms with Gasteiger partial charge in [0.1, 0.15) is 29.0 Å². The molecule has 0 spiro atoms. The number of rotatable bonds is 8. The second-order valence-electron chi connectivity index (χ2n) is 8.65. The molecular weight excluding hydrogens is 505 g/mol. The number of carbonyl (C=O) groups is 2. The topological polar surface area (TPSA) is 146 Å². The molecule has 2 aromatic carbocycles. The number of likely N-dealkylation sites (N-methyl/N-ethyl adjacent to an activating group) is 1. The van der Waals surface area contributed by atoms with Crippen LogP contribution >= 0.6 is 0 Å². The van der Waals surface area contributed by atoms with Crippen LogP contribution < -0.4 is 30.7 Å². The average Bonchev–Trinajstić information content (AvgIpc) is 2.93. The molecule has 1 aliphatic rings. The van der Waals surface area contributed by atoms with Crippen molar-refractivity contribution in [2.75, 3.05) is 55.4 Å². The van der Waals surface area contributed by atoms with Gasteiger partial charge in [0.15, 0.2) is 5.75 Å². The Morgan fingerprint density at radius 3 is 2.56 bits per heavy atom. The van der Waals surface area contributed by atoms with Crippen molar-refractivity contribution in [1.82, 2.24) is 9.88 Å². The monoisotopic (exact) mass is 533 g/mol. The predicted molar refractivity (Wildman–Crippen MR) is 144 cm³/mol. The minimum absolute atomic E-state index is 0.0443. The summed E-state index contributed by atoms with van der Waals surface area (Å²) in [6.45, 7) is 6.60. The van der Waals surface area contributed by atoms with E-state index in [-0.39, 0.29) is 34.1 Å². The highest BCUT2D eigenvalue weighted by molar-refractivity contribution is 6.07. The quantitative estimate of drug-likeness (QED) is 0.394. The van der Waals surface area contributed by atoms with Crippen LogP contribution in [-0.4, -0.2) is 61.7 Å². The van der Waals surface area contributed by atoms with Gasteiger partial charge in [-0.2, -0.15) is 5.26 Å². The lowest BCUT2D eigenvalue weighted by Crippen LogP contribution is -2.46. The van der Waals surface area contributed by atoms with Gasteiger partial charge in [-0.3, -0.25) is 4.79 Å². The van der Waals surface area contributed by atoms with Gasteiger partial charge in [0, 0.05) is 50.2 Å². The lowest BCUT2D eigenvalue weighted by molar-refractivity contribution is 0.102. The van der Waals surface area contributed by atoms with Gasteiger partial charge in [0.25, 0.3) is 5.91 Å². The van der Waals surface area contributed by atoms with Gasteiger partial charge in [0.2, 0.25) is 0 Å². The normalized spacial score (nSPS) is 13.3. The first-order chi connectivity index (χ1) is 18.8. The van der Waals surface area contributed by atoms with E-state index in [1.807, 2.05) is 12.1 Å². The molecular formula is C27H28FN7O4. The molecule has 0 saturated carbocycles. The molecule has 2 heterocycles. The number of piperazine rings is 1. The Morgan fingerprint density at radius 2 is 1.90 bits per heavy atom. The molecule has 0 bridgehead atoms. The number of ether oxygens (including phenoxy) is 2.